The number of aromatic nitrogens is 2. The summed E-state index contributed by atoms with van der Waals surface area (Å²) in [5.41, 5.74) is 0.473. The van der Waals surface area contributed by atoms with E-state index in [-0.39, 0.29) is 11.3 Å². The molecule has 36 heavy (non-hydrogen) atoms. The molecular weight excluding hydrogens is 478 g/mol. The van der Waals surface area contributed by atoms with Crippen molar-refractivity contribution in [1.82, 2.24) is 9.55 Å². The highest BCUT2D eigenvalue weighted by molar-refractivity contribution is 7.99. The van der Waals surface area contributed by atoms with E-state index >= 15 is 0 Å². The van der Waals surface area contributed by atoms with E-state index in [2.05, 4.69) is 10.3 Å². The highest BCUT2D eigenvalue weighted by Gasteiger charge is 2.18. The first kappa shape index (κ1) is 24.3. The zero-order valence-electron chi connectivity index (χ0n) is 19.0. The van der Waals surface area contributed by atoms with Gasteiger partial charge >= 0.3 is 0 Å². The number of nitro groups is 1. The maximum Gasteiger partial charge on any atom is 0.283 e. The summed E-state index contributed by atoms with van der Waals surface area (Å²) in [7, 11) is 1.79. The van der Waals surface area contributed by atoms with Crippen LogP contribution < -0.4 is 10.1 Å². The molecule has 1 N–H and O–H groups in total. The molecule has 0 bridgehead atoms. The quantitative estimate of drug-likeness (QED) is 0.141. The van der Waals surface area contributed by atoms with Crippen LogP contribution in [0.3, 0.4) is 0 Å². The molecule has 1 amide bonds. The van der Waals surface area contributed by atoms with Gasteiger partial charge in [0.15, 0.2) is 5.16 Å². The fourth-order valence-corrected chi connectivity index (χ4v) is 4.04. The van der Waals surface area contributed by atoms with Crippen molar-refractivity contribution < 1.29 is 14.5 Å². The summed E-state index contributed by atoms with van der Waals surface area (Å²) in [4.78, 5) is 28.4. The average Bonchev–Trinajstić information content (AvgIpc) is 3.29. The van der Waals surface area contributed by atoms with Crippen LogP contribution in [0.2, 0.25) is 0 Å². The van der Waals surface area contributed by atoms with Crippen LogP contribution >= 0.6 is 11.8 Å². The van der Waals surface area contributed by atoms with Crippen LogP contribution in [0, 0.1) is 21.4 Å². The van der Waals surface area contributed by atoms with Gasteiger partial charge in [0, 0.05) is 31.2 Å². The number of carbonyl (C=O) groups excluding carboxylic acids is 1. The predicted octanol–water partition coefficient (Wildman–Crippen LogP) is 5.82. The van der Waals surface area contributed by atoms with Gasteiger partial charge in [-0.05, 0) is 65.9 Å². The van der Waals surface area contributed by atoms with Crippen molar-refractivity contribution in [3.63, 3.8) is 0 Å². The Morgan fingerprint density at radius 2 is 1.86 bits per heavy atom. The molecule has 0 aliphatic carbocycles. The molecule has 0 radical (unpaired) electrons. The summed E-state index contributed by atoms with van der Waals surface area (Å²) in [5, 5.41) is 24.4. The Kier molecular flexibility index (Phi) is 7.43. The van der Waals surface area contributed by atoms with Crippen LogP contribution in [0.25, 0.3) is 6.08 Å². The third-order valence-corrected chi connectivity index (χ3v) is 6.07. The Balaban J connectivity index is 1.49. The molecule has 9 nitrogen and oxygen atoms in total. The number of ether oxygens (including phenoxy) is 1. The van der Waals surface area contributed by atoms with Crippen LogP contribution in [0.4, 0.5) is 11.4 Å². The molecule has 0 saturated heterocycles. The van der Waals surface area contributed by atoms with Crippen molar-refractivity contribution >= 4 is 35.1 Å². The lowest BCUT2D eigenvalue weighted by Crippen LogP contribution is -2.13. The third-order valence-electron chi connectivity index (χ3n) is 4.93. The van der Waals surface area contributed by atoms with Crippen LogP contribution in [0.15, 0.2) is 101 Å². The van der Waals surface area contributed by atoms with E-state index in [1.54, 1.807) is 60.4 Å². The standard InChI is InChI=1S/C26H19N5O4S/c1-30-14-13-28-26(30)36-24-12-7-18(16-23(24)31(33)34)15-19(17-27)25(32)29-20-8-10-22(11-9-20)35-21-5-3-2-4-6-21/h2-16H,1H3,(H,29,32)/b19-15+. The fourth-order valence-electron chi connectivity index (χ4n) is 3.15. The topological polar surface area (TPSA) is 123 Å². The monoisotopic (exact) mass is 497 g/mol. The number of rotatable bonds is 8. The van der Waals surface area contributed by atoms with Crippen molar-refractivity contribution in [2.75, 3.05) is 5.32 Å². The van der Waals surface area contributed by atoms with Crippen molar-refractivity contribution in [1.29, 1.82) is 5.26 Å². The number of imidazole rings is 1. The summed E-state index contributed by atoms with van der Waals surface area (Å²) < 4.78 is 7.48. The van der Waals surface area contributed by atoms with Crippen LogP contribution in [0.5, 0.6) is 11.5 Å². The van der Waals surface area contributed by atoms with Gasteiger partial charge < -0.3 is 14.6 Å². The minimum atomic E-state index is -0.636. The Bertz CT molecular complexity index is 1470. The summed E-state index contributed by atoms with van der Waals surface area (Å²) in [6.45, 7) is 0. The molecule has 0 spiro atoms. The van der Waals surface area contributed by atoms with Gasteiger partial charge in [-0.3, -0.25) is 14.9 Å². The van der Waals surface area contributed by atoms with E-state index in [1.807, 2.05) is 36.4 Å². The second-order valence-corrected chi connectivity index (χ2v) is 8.48. The normalized spacial score (nSPS) is 10.9. The number of carbonyl (C=O) groups is 1. The van der Waals surface area contributed by atoms with Crippen molar-refractivity contribution in [2.24, 2.45) is 7.05 Å². The van der Waals surface area contributed by atoms with Gasteiger partial charge in [-0.2, -0.15) is 5.26 Å². The second-order valence-electron chi connectivity index (χ2n) is 7.47. The van der Waals surface area contributed by atoms with Gasteiger partial charge in [-0.25, -0.2) is 4.98 Å². The number of nitriles is 1. The largest absolute Gasteiger partial charge is 0.457 e. The summed E-state index contributed by atoms with van der Waals surface area (Å²) >= 11 is 1.15. The van der Waals surface area contributed by atoms with Crippen LogP contribution in [-0.4, -0.2) is 20.4 Å². The number of nitro benzene ring substituents is 1. The predicted molar refractivity (Wildman–Crippen MR) is 136 cm³/mol. The van der Waals surface area contributed by atoms with Gasteiger partial charge in [0.2, 0.25) is 0 Å². The highest BCUT2D eigenvalue weighted by atomic mass is 32.2. The minimum absolute atomic E-state index is 0.150. The molecule has 0 saturated carbocycles. The molecule has 0 aliphatic rings. The lowest BCUT2D eigenvalue weighted by Gasteiger charge is -2.08. The van der Waals surface area contributed by atoms with Gasteiger partial charge in [0.1, 0.15) is 23.1 Å². The lowest BCUT2D eigenvalue weighted by molar-refractivity contribution is -0.387. The van der Waals surface area contributed by atoms with Crippen LogP contribution in [0.1, 0.15) is 5.56 Å². The molecule has 0 fully saturated rings. The Morgan fingerprint density at radius 1 is 1.14 bits per heavy atom. The number of nitrogens with zero attached hydrogens (tertiary/aromatic N) is 4. The molecule has 3 aromatic carbocycles. The van der Waals surface area contributed by atoms with Crippen LogP contribution in [-0.2, 0) is 11.8 Å². The van der Waals surface area contributed by atoms with E-state index in [0.29, 0.717) is 32.8 Å². The molecule has 4 aromatic rings. The Morgan fingerprint density at radius 3 is 2.50 bits per heavy atom. The van der Waals surface area contributed by atoms with Gasteiger partial charge in [0.05, 0.1) is 9.82 Å². The van der Waals surface area contributed by atoms with E-state index in [1.165, 1.54) is 12.1 Å². The number of nitrogens with one attached hydrogen (secondary N) is 1. The number of amides is 1. The third kappa shape index (κ3) is 5.97. The first-order chi connectivity index (χ1) is 17.4. The SMILES string of the molecule is Cn1ccnc1Sc1ccc(/C=C(\C#N)C(=O)Nc2ccc(Oc3ccccc3)cc2)cc1[N+](=O)[O-]. The van der Waals surface area contributed by atoms with Gasteiger partial charge in [0.25, 0.3) is 11.6 Å². The molecule has 0 unspecified atom stereocenters. The molecular formula is C26H19N5O4S. The fraction of sp³-hybridized carbons (Fsp3) is 0.0385. The van der Waals surface area contributed by atoms with Crippen molar-refractivity contribution in [2.45, 2.75) is 10.1 Å². The Labute approximate surface area is 210 Å². The zero-order valence-corrected chi connectivity index (χ0v) is 19.8. The Hall–Kier alpha value is -4.88. The number of anilines is 1. The maximum absolute atomic E-state index is 12.7. The van der Waals surface area contributed by atoms with Gasteiger partial charge in [-0.15, -0.1) is 0 Å². The molecule has 1 heterocycles. The number of benzene rings is 3. The van der Waals surface area contributed by atoms with E-state index in [0.717, 1.165) is 11.8 Å². The van der Waals surface area contributed by atoms with E-state index in [4.69, 9.17) is 4.74 Å². The first-order valence-electron chi connectivity index (χ1n) is 10.6. The van der Waals surface area contributed by atoms with E-state index in [9.17, 15) is 20.2 Å². The smallest absolute Gasteiger partial charge is 0.283 e. The summed E-state index contributed by atoms with van der Waals surface area (Å²) in [6, 6.07) is 22.3. The number of para-hydroxylation sites is 1. The molecule has 1 aromatic heterocycles. The molecule has 178 valence electrons. The first-order valence-corrected chi connectivity index (χ1v) is 11.4. The second kappa shape index (κ2) is 11.0. The van der Waals surface area contributed by atoms with E-state index < -0.39 is 10.8 Å². The highest BCUT2D eigenvalue weighted by Crippen LogP contribution is 2.34. The number of hydrogen-bond acceptors (Lipinski definition) is 7. The molecule has 0 atom stereocenters. The maximum atomic E-state index is 12.7. The van der Waals surface area contributed by atoms with Crippen molar-refractivity contribution in [3.05, 3.63) is 106 Å². The minimum Gasteiger partial charge on any atom is -0.457 e. The lowest BCUT2D eigenvalue weighted by atomic mass is 10.1. The summed E-state index contributed by atoms with van der Waals surface area (Å²) in [5.74, 6) is 0.636. The molecule has 10 heteroatoms. The molecule has 0 aliphatic heterocycles. The zero-order chi connectivity index (χ0) is 25.5. The van der Waals surface area contributed by atoms with Crippen molar-refractivity contribution in [3.8, 4) is 17.6 Å². The summed E-state index contributed by atoms with van der Waals surface area (Å²) in [6.07, 6.45) is 4.66. The van der Waals surface area contributed by atoms with Gasteiger partial charge in [-0.1, -0.05) is 24.3 Å². The average molecular weight is 498 g/mol. The number of aryl methyl sites for hydroxylation is 1. The number of hydrogen-bond donors (Lipinski definition) is 1. The molecule has 4 rings (SSSR count).